The van der Waals surface area contributed by atoms with Crippen molar-refractivity contribution in [3.8, 4) is 0 Å². The van der Waals surface area contributed by atoms with Gasteiger partial charge in [0.05, 0.1) is 11.6 Å². The summed E-state index contributed by atoms with van der Waals surface area (Å²) >= 11 is 0. The number of hydrogen-bond acceptors (Lipinski definition) is 2. The van der Waals surface area contributed by atoms with Gasteiger partial charge in [0.2, 0.25) is 0 Å². The molecule has 0 spiro atoms. The van der Waals surface area contributed by atoms with Gasteiger partial charge in [-0.1, -0.05) is 44.0 Å². The Morgan fingerprint density at radius 1 is 1.24 bits per heavy atom. The molecule has 0 saturated heterocycles. The number of rotatable bonds is 4. The quantitative estimate of drug-likeness (QED) is 0.866. The van der Waals surface area contributed by atoms with Crippen molar-refractivity contribution in [2.24, 2.45) is 5.73 Å². The zero-order valence-electron chi connectivity index (χ0n) is 10.9. The first-order valence-electron chi connectivity index (χ1n) is 6.61. The number of benzene rings is 1. The van der Waals surface area contributed by atoms with Crippen LogP contribution in [0.15, 0.2) is 24.3 Å². The Bertz CT molecular complexity index is 352. The van der Waals surface area contributed by atoms with Crippen LogP contribution in [0.5, 0.6) is 0 Å². The van der Waals surface area contributed by atoms with Crippen LogP contribution in [-0.2, 0) is 11.2 Å². The predicted molar refractivity (Wildman–Crippen MR) is 71.0 cm³/mol. The van der Waals surface area contributed by atoms with E-state index >= 15 is 0 Å². The minimum Gasteiger partial charge on any atom is -0.376 e. The number of aryl methyl sites for hydroxylation is 1. The van der Waals surface area contributed by atoms with Crippen molar-refractivity contribution in [1.82, 2.24) is 0 Å². The van der Waals surface area contributed by atoms with Gasteiger partial charge in [-0.05, 0) is 30.4 Å². The van der Waals surface area contributed by atoms with Gasteiger partial charge in [-0.2, -0.15) is 0 Å². The summed E-state index contributed by atoms with van der Waals surface area (Å²) in [6.45, 7) is 2.17. The van der Waals surface area contributed by atoms with Gasteiger partial charge in [-0.25, -0.2) is 0 Å². The summed E-state index contributed by atoms with van der Waals surface area (Å²) in [5, 5.41) is 0. The van der Waals surface area contributed by atoms with Gasteiger partial charge in [-0.15, -0.1) is 0 Å². The third kappa shape index (κ3) is 2.38. The SMILES string of the molecule is CCc1ccc(C(N)C2(OC)CCCC2)cc1. The predicted octanol–water partition coefficient (Wildman–Crippen LogP) is 3.21. The Balaban J connectivity index is 2.19. The smallest absolute Gasteiger partial charge is 0.0870 e. The summed E-state index contributed by atoms with van der Waals surface area (Å²) in [6, 6.07) is 8.66. The van der Waals surface area contributed by atoms with E-state index < -0.39 is 0 Å². The fourth-order valence-corrected chi connectivity index (χ4v) is 2.88. The average molecular weight is 233 g/mol. The van der Waals surface area contributed by atoms with Crippen LogP contribution in [0.4, 0.5) is 0 Å². The second-order valence-corrected chi connectivity index (χ2v) is 5.05. The summed E-state index contributed by atoms with van der Waals surface area (Å²) in [5.74, 6) is 0. The molecule has 1 aromatic carbocycles. The molecular formula is C15H23NO. The van der Waals surface area contributed by atoms with E-state index in [9.17, 15) is 0 Å². The fourth-order valence-electron chi connectivity index (χ4n) is 2.88. The van der Waals surface area contributed by atoms with Crippen molar-refractivity contribution in [3.05, 3.63) is 35.4 Å². The van der Waals surface area contributed by atoms with Crippen molar-refractivity contribution in [2.75, 3.05) is 7.11 Å². The number of ether oxygens (including phenoxy) is 1. The lowest BCUT2D eigenvalue weighted by atomic mass is 9.87. The van der Waals surface area contributed by atoms with Crippen LogP contribution in [0, 0.1) is 0 Å². The standard InChI is InChI=1S/C15H23NO/c1-3-12-6-8-13(9-7-12)14(16)15(17-2)10-4-5-11-15/h6-9,14H,3-5,10-11,16H2,1-2H3. The molecule has 0 amide bonds. The van der Waals surface area contributed by atoms with E-state index in [1.54, 1.807) is 7.11 Å². The zero-order valence-corrected chi connectivity index (χ0v) is 10.9. The molecule has 0 bridgehead atoms. The monoisotopic (exact) mass is 233 g/mol. The molecule has 94 valence electrons. The minimum atomic E-state index is -0.131. The average Bonchev–Trinajstić information content (AvgIpc) is 2.88. The second kappa shape index (κ2) is 5.19. The third-order valence-electron chi connectivity index (χ3n) is 4.17. The van der Waals surface area contributed by atoms with E-state index in [-0.39, 0.29) is 11.6 Å². The molecule has 2 heteroatoms. The summed E-state index contributed by atoms with van der Waals surface area (Å²) in [5.41, 5.74) is 8.84. The summed E-state index contributed by atoms with van der Waals surface area (Å²) in [4.78, 5) is 0. The minimum absolute atomic E-state index is 0.000839. The van der Waals surface area contributed by atoms with Gasteiger partial charge < -0.3 is 10.5 Å². The maximum Gasteiger partial charge on any atom is 0.0870 e. The molecule has 2 nitrogen and oxygen atoms in total. The Kier molecular flexibility index (Phi) is 3.85. The molecule has 17 heavy (non-hydrogen) atoms. The van der Waals surface area contributed by atoms with Crippen LogP contribution < -0.4 is 5.73 Å². The van der Waals surface area contributed by atoms with E-state index in [4.69, 9.17) is 10.5 Å². The largest absolute Gasteiger partial charge is 0.376 e. The van der Waals surface area contributed by atoms with Crippen LogP contribution in [-0.4, -0.2) is 12.7 Å². The lowest BCUT2D eigenvalue weighted by Gasteiger charge is -2.34. The fraction of sp³-hybridized carbons (Fsp3) is 0.600. The molecule has 1 saturated carbocycles. The van der Waals surface area contributed by atoms with Crippen molar-refractivity contribution >= 4 is 0 Å². The second-order valence-electron chi connectivity index (χ2n) is 5.05. The Hall–Kier alpha value is -0.860. The van der Waals surface area contributed by atoms with E-state index in [1.807, 2.05) is 0 Å². The molecule has 2 rings (SSSR count). The van der Waals surface area contributed by atoms with Crippen molar-refractivity contribution in [2.45, 2.75) is 50.7 Å². The summed E-state index contributed by atoms with van der Waals surface area (Å²) in [7, 11) is 1.80. The van der Waals surface area contributed by atoms with Crippen molar-refractivity contribution in [3.63, 3.8) is 0 Å². The highest BCUT2D eigenvalue weighted by molar-refractivity contribution is 5.27. The molecule has 1 unspecified atom stereocenters. The zero-order chi connectivity index (χ0) is 12.3. The Labute approximate surface area is 104 Å². The molecular weight excluding hydrogens is 210 g/mol. The van der Waals surface area contributed by atoms with Gasteiger partial charge in [0.15, 0.2) is 0 Å². The van der Waals surface area contributed by atoms with Crippen LogP contribution in [0.3, 0.4) is 0 Å². The van der Waals surface area contributed by atoms with Crippen LogP contribution in [0.1, 0.15) is 49.8 Å². The van der Waals surface area contributed by atoms with E-state index in [0.717, 1.165) is 19.3 Å². The van der Waals surface area contributed by atoms with Gasteiger partial charge in [0.1, 0.15) is 0 Å². The highest BCUT2D eigenvalue weighted by Crippen LogP contribution is 2.41. The number of nitrogens with two attached hydrogens (primary N) is 1. The highest BCUT2D eigenvalue weighted by Gasteiger charge is 2.40. The first-order chi connectivity index (χ1) is 8.22. The topological polar surface area (TPSA) is 35.2 Å². The normalized spacial score (nSPS) is 20.4. The maximum atomic E-state index is 6.41. The van der Waals surface area contributed by atoms with E-state index in [0.29, 0.717) is 0 Å². The van der Waals surface area contributed by atoms with E-state index in [1.165, 1.54) is 24.0 Å². The molecule has 1 aliphatic rings. The Morgan fingerprint density at radius 2 is 1.82 bits per heavy atom. The lowest BCUT2D eigenvalue weighted by Crippen LogP contribution is -2.40. The highest BCUT2D eigenvalue weighted by atomic mass is 16.5. The molecule has 0 heterocycles. The first kappa shape index (κ1) is 12.6. The van der Waals surface area contributed by atoms with Crippen molar-refractivity contribution < 1.29 is 4.74 Å². The van der Waals surface area contributed by atoms with Gasteiger partial charge in [0, 0.05) is 7.11 Å². The molecule has 2 N–H and O–H groups in total. The van der Waals surface area contributed by atoms with Crippen molar-refractivity contribution in [1.29, 1.82) is 0 Å². The third-order valence-corrected chi connectivity index (χ3v) is 4.17. The van der Waals surface area contributed by atoms with Crippen LogP contribution in [0.2, 0.25) is 0 Å². The molecule has 0 aromatic heterocycles. The summed E-state index contributed by atoms with van der Waals surface area (Å²) < 4.78 is 5.75. The molecule has 1 fully saturated rings. The molecule has 1 atom stereocenters. The maximum absolute atomic E-state index is 6.41. The molecule has 1 aliphatic carbocycles. The Morgan fingerprint density at radius 3 is 2.29 bits per heavy atom. The number of methoxy groups -OCH3 is 1. The van der Waals surface area contributed by atoms with Gasteiger partial charge >= 0.3 is 0 Å². The van der Waals surface area contributed by atoms with Gasteiger partial charge in [0.25, 0.3) is 0 Å². The van der Waals surface area contributed by atoms with Gasteiger partial charge in [-0.3, -0.25) is 0 Å². The number of hydrogen-bond donors (Lipinski definition) is 1. The summed E-state index contributed by atoms with van der Waals surface area (Å²) in [6.07, 6.45) is 5.70. The molecule has 1 aromatic rings. The first-order valence-corrected chi connectivity index (χ1v) is 6.61. The molecule has 0 radical (unpaired) electrons. The molecule has 0 aliphatic heterocycles. The lowest BCUT2D eigenvalue weighted by molar-refractivity contribution is -0.0264. The van der Waals surface area contributed by atoms with Crippen LogP contribution >= 0.6 is 0 Å². The van der Waals surface area contributed by atoms with Crippen LogP contribution in [0.25, 0.3) is 0 Å². The van der Waals surface area contributed by atoms with E-state index in [2.05, 4.69) is 31.2 Å².